The fourth-order valence-electron chi connectivity index (χ4n) is 1.51. The smallest absolute Gasteiger partial charge is 0.163 e. The average Bonchev–Trinajstić information content (AvgIpc) is 2.78. The highest BCUT2D eigenvalue weighted by atomic mass is 32.1. The summed E-state index contributed by atoms with van der Waals surface area (Å²) < 4.78 is 12.8. The van der Waals surface area contributed by atoms with Crippen LogP contribution in [0, 0.1) is 5.82 Å². The van der Waals surface area contributed by atoms with E-state index in [9.17, 15) is 4.39 Å². The summed E-state index contributed by atoms with van der Waals surface area (Å²) in [6, 6.07) is 5.98. The van der Waals surface area contributed by atoms with Gasteiger partial charge in [0.2, 0.25) is 0 Å². The van der Waals surface area contributed by atoms with Gasteiger partial charge in [-0.3, -0.25) is 0 Å². The van der Waals surface area contributed by atoms with E-state index >= 15 is 0 Å². The quantitative estimate of drug-likeness (QED) is 0.716. The van der Waals surface area contributed by atoms with Crippen molar-refractivity contribution in [3.05, 3.63) is 35.6 Å². The number of benzene rings is 1. The van der Waals surface area contributed by atoms with Crippen LogP contribution >= 0.6 is 11.3 Å². The van der Waals surface area contributed by atoms with Gasteiger partial charge >= 0.3 is 0 Å². The molecule has 0 radical (unpaired) electrons. The molecule has 0 aliphatic heterocycles. The lowest BCUT2D eigenvalue weighted by Crippen LogP contribution is -1.96. The van der Waals surface area contributed by atoms with Crippen LogP contribution in [0.5, 0.6) is 0 Å². The Labute approximate surface area is 100.0 Å². The number of nitrogens with two attached hydrogens (primary N) is 1. The van der Waals surface area contributed by atoms with Gasteiger partial charge in [0.15, 0.2) is 11.6 Å². The van der Waals surface area contributed by atoms with Gasteiger partial charge in [-0.2, -0.15) is 0 Å². The summed E-state index contributed by atoms with van der Waals surface area (Å²) in [4.78, 5) is 13.3. The van der Waals surface area contributed by atoms with Crippen molar-refractivity contribution >= 4 is 27.5 Å². The van der Waals surface area contributed by atoms with Crippen molar-refractivity contribution in [2.75, 3.05) is 5.73 Å². The highest BCUT2D eigenvalue weighted by molar-refractivity contribution is 7.16. The van der Waals surface area contributed by atoms with Crippen LogP contribution in [0.4, 0.5) is 10.2 Å². The topological polar surface area (TPSA) is 64.7 Å². The third-order valence-corrected chi connectivity index (χ3v) is 3.05. The van der Waals surface area contributed by atoms with Crippen LogP contribution in [-0.2, 0) is 0 Å². The lowest BCUT2D eigenvalue weighted by Gasteiger charge is -2.01. The molecule has 0 amide bonds. The van der Waals surface area contributed by atoms with Crippen molar-refractivity contribution in [2.24, 2.45) is 0 Å². The predicted molar refractivity (Wildman–Crippen MR) is 65.0 cm³/mol. The molecule has 0 spiro atoms. The Hall–Kier alpha value is -2.08. The van der Waals surface area contributed by atoms with Crippen molar-refractivity contribution in [3.8, 4) is 11.4 Å². The number of thiazole rings is 1. The van der Waals surface area contributed by atoms with E-state index in [-0.39, 0.29) is 5.82 Å². The van der Waals surface area contributed by atoms with E-state index in [0.717, 1.165) is 10.4 Å². The number of nitrogens with zero attached hydrogens (tertiary/aromatic N) is 3. The summed E-state index contributed by atoms with van der Waals surface area (Å²) >= 11 is 1.40. The Morgan fingerprint density at radius 3 is 2.65 bits per heavy atom. The van der Waals surface area contributed by atoms with Crippen molar-refractivity contribution in [2.45, 2.75) is 0 Å². The monoisotopic (exact) mass is 246 g/mol. The zero-order valence-corrected chi connectivity index (χ0v) is 9.41. The van der Waals surface area contributed by atoms with Crippen molar-refractivity contribution in [1.82, 2.24) is 15.0 Å². The van der Waals surface area contributed by atoms with E-state index in [1.54, 1.807) is 17.6 Å². The lowest BCUT2D eigenvalue weighted by molar-refractivity contribution is 0.628. The molecule has 84 valence electrons. The Morgan fingerprint density at radius 2 is 1.88 bits per heavy atom. The van der Waals surface area contributed by atoms with E-state index in [1.807, 2.05) is 0 Å². The molecule has 0 fully saturated rings. The lowest BCUT2D eigenvalue weighted by atomic mass is 10.2. The molecule has 0 saturated heterocycles. The van der Waals surface area contributed by atoms with E-state index in [4.69, 9.17) is 5.73 Å². The van der Waals surface area contributed by atoms with Crippen LogP contribution in [0.15, 0.2) is 29.8 Å². The molecule has 6 heteroatoms. The Kier molecular flexibility index (Phi) is 2.22. The molecule has 2 heterocycles. The second-order valence-corrected chi connectivity index (χ2v) is 4.28. The molecule has 0 atom stereocenters. The summed E-state index contributed by atoms with van der Waals surface area (Å²) in [6.07, 6.45) is 0. The van der Waals surface area contributed by atoms with Gasteiger partial charge in [-0.15, -0.1) is 11.3 Å². The van der Waals surface area contributed by atoms with E-state index in [2.05, 4.69) is 15.0 Å². The summed E-state index contributed by atoms with van der Waals surface area (Å²) in [5, 5.41) is 0. The third kappa shape index (κ3) is 1.72. The zero-order valence-electron chi connectivity index (χ0n) is 8.59. The molecule has 17 heavy (non-hydrogen) atoms. The second kappa shape index (κ2) is 3.74. The van der Waals surface area contributed by atoms with Gasteiger partial charge in [-0.25, -0.2) is 19.3 Å². The SMILES string of the molecule is Nc1nc(-c2ccc(F)cc2)nc2scnc12. The predicted octanol–water partition coefficient (Wildman–Crippen LogP) is 2.47. The molecule has 0 unspecified atom stereocenters. The number of nitrogen functional groups attached to an aromatic ring is 1. The Bertz CT molecular complexity index is 678. The van der Waals surface area contributed by atoms with Gasteiger partial charge in [-0.05, 0) is 24.3 Å². The van der Waals surface area contributed by atoms with Crippen LogP contribution in [0.1, 0.15) is 0 Å². The van der Waals surface area contributed by atoms with Crippen LogP contribution < -0.4 is 5.73 Å². The fourth-order valence-corrected chi connectivity index (χ4v) is 2.18. The van der Waals surface area contributed by atoms with Gasteiger partial charge in [0.25, 0.3) is 0 Å². The Morgan fingerprint density at radius 1 is 1.12 bits per heavy atom. The maximum atomic E-state index is 12.8. The number of aromatic nitrogens is 3. The maximum Gasteiger partial charge on any atom is 0.163 e. The summed E-state index contributed by atoms with van der Waals surface area (Å²) in [5.74, 6) is 0.537. The zero-order chi connectivity index (χ0) is 11.8. The molecule has 2 aromatic heterocycles. The number of fused-ring (bicyclic) bond motifs is 1. The summed E-state index contributed by atoms with van der Waals surface area (Å²) in [6.45, 7) is 0. The van der Waals surface area contributed by atoms with Gasteiger partial charge in [0.05, 0.1) is 5.51 Å². The highest BCUT2D eigenvalue weighted by Gasteiger charge is 2.09. The van der Waals surface area contributed by atoms with Crippen LogP contribution in [-0.4, -0.2) is 15.0 Å². The number of rotatable bonds is 1. The largest absolute Gasteiger partial charge is 0.382 e. The molecule has 1 aromatic carbocycles. The number of halogens is 1. The first-order chi connectivity index (χ1) is 8.24. The summed E-state index contributed by atoms with van der Waals surface area (Å²) in [7, 11) is 0. The molecule has 0 aliphatic carbocycles. The highest BCUT2D eigenvalue weighted by Crippen LogP contribution is 2.24. The number of hydrogen-bond acceptors (Lipinski definition) is 5. The first-order valence-corrected chi connectivity index (χ1v) is 5.74. The minimum atomic E-state index is -0.291. The fraction of sp³-hybridized carbons (Fsp3) is 0. The second-order valence-electron chi connectivity index (χ2n) is 3.45. The van der Waals surface area contributed by atoms with E-state index in [1.165, 1.54) is 23.5 Å². The van der Waals surface area contributed by atoms with Crippen LogP contribution in [0.25, 0.3) is 21.7 Å². The average molecular weight is 246 g/mol. The van der Waals surface area contributed by atoms with Crippen LogP contribution in [0.3, 0.4) is 0 Å². The van der Waals surface area contributed by atoms with Gasteiger partial charge in [-0.1, -0.05) is 0 Å². The van der Waals surface area contributed by atoms with Crippen molar-refractivity contribution in [3.63, 3.8) is 0 Å². The van der Waals surface area contributed by atoms with Crippen molar-refractivity contribution < 1.29 is 4.39 Å². The Balaban J connectivity index is 2.20. The molecular weight excluding hydrogens is 239 g/mol. The van der Waals surface area contributed by atoms with Crippen LogP contribution in [0.2, 0.25) is 0 Å². The molecule has 4 nitrogen and oxygen atoms in total. The standard InChI is InChI=1S/C11H7FN4S/c12-7-3-1-6(2-4-7)10-15-9(13)8-11(16-10)17-5-14-8/h1-5H,(H2,13,15,16). The van der Waals surface area contributed by atoms with Gasteiger partial charge in [0.1, 0.15) is 16.2 Å². The molecule has 2 N–H and O–H groups in total. The molecular formula is C11H7FN4S. The molecule has 0 saturated carbocycles. The van der Waals surface area contributed by atoms with Crippen molar-refractivity contribution in [1.29, 1.82) is 0 Å². The number of anilines is 1. The van der Waals surface area contributed by atoms with Gasteiger partial charge < -0.3 is 5.73 Å². The summed E-state index contributed by atoms with van der Waals surface area (Å²) in [5.41, 5.74) is 8.80. The first-order valence-electron chi connectivity index (χ1n) is 4.87. The number of hydrogen-bond donors (Lipinski definition) is 1. The van der Waals surface area contributed by atoms with E-state index in [0.29, 0.717) is 17.2 Å². The third-order valence-electron chi connectivity index (χ3n) is 2.33. The first kappa shape index (κ1) is 10.1. The minimum absolute atomic E-state index is 0.291. The van der Waals surface area contributed by atoms with E-state index < -0.39 is 0 Å². The molecule has 0 aliphatic rings. The van der Waals surface area contributed by atoms with Gasteiger partial charge in [0, 0.05) is 5.56 Å². The minimum Gasteiger partial charge on any atom is -0.382 e. The molecule has 0 bridgehead atoms. The normalized spacial score (nSPS) is 10.9. The maximum absolute atomic E-state index is 12.8. The molecule has 3 rings (SSSR count). The molecule has 3 aromatic rings.